The Balaban J connectivity index is 2.00. The summed E-state index contributed by atoms with van der Waals surface area (Å²) in [5.41, 5.74) is 3.10. The summed E-state index contributed by atoms with van der Waals surface area (Å²) in [6.07, 6.45) is 2.91. The summed E-state index contributed by atoms with van der Waals surface area (Å²) in [4.78, 5) is 17.3. The fourth-order valence-electron chi connectivity index (χ4n) is 3.70. The van der Waals surface area contributed by atoms with Crippen molar-refractivity contribution in [2.45, 2.75) is 25.7 Å². The zero-order valence-corrected chi connectivity index (χ0v) is 18.5. The molecule has 1 aliphatic rings. The van der Waals surface area contributed by atoms with Crippen LogP contribution in [0.15, 0.2) is 34.7 Å². The first kappa shape index (κ1) is 21.3. The van der Waals surface area contributed by atoms with Gasteiger partial charge >= 0.3 is 0 Å². The van der Waals surface area contributed by atoms with Crippen LogP contribution in [-0.4, -0.2) is 50.9 Å². The Morgan fingerprint density at radius 2 is 1.97 bits per heavy atom. The van der Waals surface area contributed by atoms with Gasteiger partial charge in [0.1, 0.15) is 11.6 Å². The molecule has 164 valence electrons. The highest BCUT2D eigenvalue weighted by molar-refractivity contribution is 7.92. The summed E-state index contributed by atoms with van der Waals surface area (Å²) in [5, 5.41) is 12.6. The molecule has 8 nitrogen and oxygen atoms in total. The highest BCUT2D eigenvalue weighted by Crippen LogP contribution is 2.46. The van der Waals surface area contributed by atoms with Crippen LogP contribution in [0.5, 0.6) is 0 Å². The highest BCUT2D eigenvalue weighted by atomic mass is 32.2. The fourth-order valence-corrected chi connectivity index (χ4v) is 4.58. The van der Waals surface area contributed by atoms with Gasteiger partial charge < -0.3 is 14.8 Å². The molecule has 9 heteroatoms. The SMILES string of the molecule is CNC(=O)c1c(-c2ccc(C)cc2)oc2nc(N(CCO)S(C)(=O)=O)c(C3CC3)cc12. The normalized spacial score (nSPS) is 14.1. The molecule has 0 saturated heterocycles. The quantitative estimate of drug-likeness (QED) is 0.581. The molecular formula is C22H25N3O5S. The number of aliphatic hydroxyl groups excluding tert-OH is 1. The number of sulfonamides is 1. The first-order valence-corrected chi connectivity index (χ1v) is 11.9. The van der Waals surface area contributed by atoms with E-state index in [1.165, 1.54) is 0 Å². The summed E-state index contributed by atoms with van der Waals surface area (Å²) in [6, 6.07) is 9.42. The van der Waals surface area contributed by atoms with Gasteiger partial charge in [-0.15, -0.1) is 0 Å². The molecule has 0 atom stereocenters. The molecule has 0 radical (unpaired) electrons. The average Bonchev–Trinajstić information content (AvgIpc) is 3.51. The second-order valence-corrected chi connectivity index (χ2v) is 9.75. The predicted molar refractivity (Wildman–Crippen MR) is 119 cm³/mol. The van der Waals surface area contributed by atoms with E-state index in [2.05, 4.69) is 10.3 Å². The van der Waals surface area contributed by atoms with Crippen LogP contribution in [0.1, 0.15) is 40.2 Å². The summed E-state index contributed by atoms with van der Waals surface area (Å²) in [7, 11) is -2.12. The Bertz CT molecular complexity index is 1240. The molecule has 0 aliphatic heterocycles. The average molecular weight is 444 g/mol. The van der Waals surface area contributed by atoms with E-state index in [9.17, 15) is 18.3 Å². The van der Waals surface area contributed by atoms with Crippen molar-refractivity contribution in [3.63, 3.8) is 0 Å². The van der Waals surface area contributed by atoms with Crippen molar-refractivity contribution in [3.05, 3.63) is 47.0 Å². The van der Waals surface area contributed by atoms with Gasteiger partial charge in [0.25, 0.3) is 5.91 Å². The van der Waals surface area contributed by atoms with Gasteiger partial charge in [-0.25, -0.2) is 8.42 Å². The summed E-state index contributed by atoms with van der Waals surface area (Å²) in [6.45, 7) is 1.52. The van der Waals surface area contributed by atoms with E-state index < -0.39 is 10.0 Å². The number of hydrogen-bond acceptors (Lipinski definition) is 6. The molecule has 1 aromatic carbocycles. The third kappa shape index (κ3) is 4.03. The molecule has 4 rings (SSSR count). The van der Waals surface area contributed by atoms with Gasteiger partial charge in [-0.05, 0) is 37.3 Å². The number of aromatic nitrogens is 1. The molecule has 3 aromatic rings. The Hall–Kier alpha value is -2.91. The topological polar surface area (TPSA) is 113 Å². The van der Waals surface area contributed by atoms with Crippen molar-refractivity contribution in [2.24, 2.45) is 0 Å². The van der Waals surface area contributed by atoms with E-state index in [0.717, 1.165) is 40.1 Å². The number of anilines is 1. The summed E-state index contributed by atoms with van der Waals surface area (Å²) < 4.78 is 32.0. The minimum Gasteiger partial charge on any atom is -0.437 e. The molecule has 0 bridgehead atoms. The number of furan rings is 1. The van der Waals surface area contributed by atoms with E-state index in [1.807, 2.05) is 37.3 Å². The predicted octanol–water partition coefficient (Wildman–Crippen LogP) is 2.80. The monoisotopic (exact) mass is 443 g/mol. The molecular weight excluding hydrogens is 418 g/mol. The summed E-state index contributed by atoms with van der Waals surface area (Å²) in [5.74, 6) is 0.485. The van der Waals surface area contributed by atoms with Crippen LogP contribution in [-0.2, 0) is 10.0 Å². The second-order valence-electron chi connectivity index (χ2n) is 7.84. The van der Waals surface area contributed by atoms with Crippen LogP contribution < -0.4 is 9.62 Å². The molecule has 1 saturated carbocycles. The number of nitrogens with one attached hydrogen (secondary N) is 1. The maximum atomic E-state index is 12.8. The number of benzene rings is 1. The number of fused-ring (bicyclic) bond motifs is 1. The van der Waals surface area contributed by atoms with Crippen LogP contribution >= 0.6 is 0 Å². The van der Waals surface area contributed by atoms with E-state index in [4.69, 9.17) is 4.42 Å². The molecule has 0 unspecified atom stereocenters. The number of carbonyl (C=O) groups excluding carboxylic acids is 1. The summed E-state index contributed by atoms with van der Waals surface area (Å²) >= 11 is 0. The van der Waals surface area contributed by atoms with Crippen molar-refractivity contribution >= 4 is 32.8 Å². The first-order chi connectivity index (χ1) is 14.7. The Morgan fingerprint density at radius 1 is 1.29 bits per heavy atom. The van der Waals surface area contributed by atoms with Gasteiger partial charge in [0.15, 0.2) is 0 Å². The van der Waals surface area contributed by atoms with Crippen LogP contribution in [0, 0.1) is 6.92 Å². The van der Waals surface area contributed by atoms with Gasteiger partial charge in [-0.2, -0.15) is 4.98 Å². The van der Waals surface area contributed by atoms with Gasteiger partial charge in [0.05, 0.1) is 30.4 Å². The molecule has 31 heavy (non-hydrogen) atoms. The Labute approximate surface area is 180 Å². The van der Waals surface area contributed by atoms with E-state index in [1.54, 1.807) is 7.05 Å². The third-order valence-electron chi connectivity index (χ3n) is 5.42. The number of pyridine rings is 1. The molecule has 2 aromatic heterocycles. The number of carbonyl (C=O) groups is 1. The highest BCUT2D eigenvalue weighted by Gasteiger charge is 2.34. The number of nitrogens with zero attached hydrogens (tertiary/aromatic N) is 2. The first-order valence-electron chi connectivity index (χ1n) is 10.1. The Morgan fingerprint density at radius 3 is 2.52 bits per heavy atom. The number of aryl methyl sites for hydroxylation is 1. The number of amides is 1. The largest absolute Gasteiger partial charge is 0.437 e. The second kappa shape index (κ2) is 7.97. The molecule has 1 aliphatic carbocycles. The van der Waals surface area contributed by atoms with E-state index in [0.29, 0.717) is 16.7 Å². The van der Waals surface area contributed by atoms with Crippen molar-refractivity contribution < 1.29 is 22.7 Å². The van der Waals surface area contributed by atoms with Gasteiger partial charge in [-0.1, -0.05) is 29.8 Å². The van der Waals surface area contributed by atoms with Crippen LogP contribution in [0.25, 0.3) is 22.4 Å². The smallest absolute Gasteiger partial charge is 0.255 e. The minimum absolute atomic E-state index is 0.106. The van der Waals surface area contributed by atoms with E-state index >= 15 is 0 Å². The van der Waals surface area contributed by atoms with Crippen molar-refractivity contribution in [3.8, 4) is 11.3 Å². The number of aliphatic hydroxyl groups is 1. The molecule has 1 fully saturated rings. The van der Waals surface area contributed by atoms with Gasteiger partial charge in [0, 0.05) is 12.6 Å². The lowest BCUT2D eigenvalue weighted by Gasteiger charge is -2.22. The zero-order valence-electron chi connectivity index (χ0n) is 17.7. The lowest BCUT2D eigenvalue weighted by atomic mass is 10.0. The van der Waals surface area contributed by atoms with Crippen molar-refractivity contribution in [1.29, 1.82) is 0 Å². The lowest BCUT2D eigenvalue weighted by Crippen LogP contribution is -2.34. The van der Waals surface area contributed by atoms with Gasteiger partial charge in [-0.3, -0.25) is 9.10 Å². The lowest BCUT2D eigenvalue weighted by molar-refractivity contribution is 0.0964. The zero-order chi connectivity index (χ0) is 22.3. The van der Waals surface area contributed by atoms with Crippen molar-refractivity contribution in [1.82, 2.24) is 10.3 Å². The molecule has 2 heterocycles. The molecule has 0 spiro atoms. The van der Waals surface area contributed by atoms with Crippen molar-refractivity contribution in [2.75, 3.05) is 30.8 Å². The maximum absolute atomic E-state index is 12.8. The Kier molecular flexibility index (Phi) is 5.49. The molecule has 1 amide bonds. The third-order valence-corrected chi connectivity index (χ3v) is 6.57. The number of rotatable bonds is 7. The van der Waals surface area contributed by atoms with Crippen LogP contribution in [0.2, 0.25) is 0 Å². The fraction of sp³-hybridized carbons (Fsp3) is 0.364. The number of hydrogen-bond donors (Lipinski definition) is 2. The van der Waals surface area contributed by atoms with Crippen LogP contribution in [0.4, 0.5) is 5.82 Å². The van der Waals surface area contributed by atoms with Crippen LogP contribution in [0.3, 0.4) is 0 Å². The molecule has 2 N–H and O–H groups in total. The minimum atomic E-state index is -3.67. The van der Waals surface area contributed by atoms with Gasteiger partial charge in [0.2, 0.25) is 15.7 Å². The maximum Gasteiger partial charge on any atom is 0.255 e. The van der Waals surface area contributed by atoms with E-state index in [-0.39, 0.29) is 36.5 Å². The standard InChI is InChI=1S/C22H25N3O5S/c1-13-4-6-15(7-5-13)19-18(21(27)23-2)17-12-16(14-8-9-14)20(24-22(17)30-19)25(10-11-26)31(3,28)29/h4-7,12,14,26H,8-11H2,1-3H3,(H,23,27).